The maximum Gasteiger partial charge on any atom is 0.287 e. The molecular formula is C15H20ClN3O2. The van der Waals surface area contributed by atoms with Crippen molar-refractivity contribution in [2.45, 2.75) is 46.7 Å². The number of aryl methyl sites for hydroxylation is 2. The third-order valence-corrected chi connectivity index (χ3v) is 3.72. The minimum Gasteiger partial charge on any atom is -0.466 e. The van der Waals surface area contributed by atoms with E-state index in [4.69, 9.17) is 16.0 Å². The molecule has 0 saturated carbocycles. The van der Waals surface area contributed by atoms with Gasteiger partial charge in [0.05, 0.1) is 24.0 Å². The van der Waals surface area contributed by atoms with Gasteiger partial charge < -0.3 is 9.73 Å². The van der Waals surface area contributed by atoms with Crippen LogP contribution in [0.5, 0.6) is 0 Å². The Bertz CT molecular complexity index is 703. The van der Waals surface area contributed by atoms with Gasteiger partial charge in [0.2, 0.25) is 0 Å². The van der Waals surface area contributed by atoms with Crippen molar-refractivity contribution >= 4 is 17.3 Å². The highest BCUT2D eigenvalue weighted by Gasteiger charge is 2.16. The molecule has 0 bridgehead atoms. The fourth-order valence-electron chi connectivity index (χ4n) is 2.30. The van der Waals surface area contributed by atoms with Gasteiger partial charge in [-0.1, -0.05) is 11.6 Å². The van der Waals surface area contributed by atoms with Crippen molar-refractivity contribution in [1.29, 1.82) is 0 Å². The first kappa shape index (κ1) is 15.6. The second-order valence-corrected chi connectivity index (χ2v) is 5.83. The Kier molecular flexibility index (Phi) is 4.42. The Morgan fingerprint density at radius 1 is 1.33 bits per heavy atom. The molecule has 0 spiro atoms. The molecule has 0 saturated heterocycles. The van der Waals surface area contributed by atoms with Gasteiger partial charge in [-0.25, -0.2) is 4.68 Å². The molecular weight excluding hydrogens is 290 g/mol. The first-order valence-corrected chi connectivity index (χ1v) is 7.29. The predicted molar refractivity (Wildman–Crippen MR) is 84.1 cm³/mol. The Morgan fingerprint density at radius 3 is 2.52 bits per heavy atom. The molecule has 0 amide bonds. The van der Waals surface area contributed by atoms with Crippen LogP contribution < -0.4 is 10.9 Å². The summed E-state index contributed by atoms with van der Waals surface area (Å²) in [6.07, 6.45) is 1.59. The minimum absolute atomic E-state index is 0.0276. The Balaban J connectivity index is 2.30. The van der Waals surface area contributed by atoms with Gasteiger partial charge in [-0.2, -0.15) is 5.10 Å². The molecule has 2 aromatic heterocycles. The van der Waals surface area contributed by atoms with Gasteiger partial charge in [0.1, 0.15) is 16.5 Å². The molecule has 1 atom stereocenters. The summed E-state index contributed by atoms with van der Waals surface area (Å²) in [6, 6.07) is 1.92. The van der Waals surface area contributed by atoms with Gasteiger partial charge in [0.15, 0.2) is 0 Å². The van der Waals surface area contributed by atoms with Crippen LogP contribution in [-0.2, 0) is 0 Å². The van der Waals surface area contributed by atoms with E-state index in [0.717, 1.165) is 17.1 Å². The van der Waals surface area contributed by atoms with Crippen LogP contribution in [0.4, 0.5) is 5.69 Å². The molecule has 1 N–H and O–H groups in total. The predicted octanol–water partition coefficient (Wildman–Crippen LogP) is 3.86. The molecule has 114 valence electrons. The average Bonchev–Trinajstić information content (AvgIpc) is 2.74. The minimum atomic E-state index is -0.288. The summed E-state index contributed by atoms with van der Waals surface area (Å²) in [5.74, 6) is 1.71. The molecule has 5 nitrogen and oxygen atoms in total. The third-order valence-electron chi connectivity index (χ3n) is 3.35. The molecule has 0 aliphatic carbocycles. The normalized spacial score (nSPS) is 12.7. The molecule has 0 aliphatic rings. The van der Waals surface area contributed by atoms with Crippen molar-refractivity contribution in [3.8, 4) is 0 Å². The standard InChI is InChI=1S/C15H20ClN3O2/c1-8(2)19-15(20)14(16)13(7-17-19)18-10(4)12-6-9(3)21-11(12)5/h6-8,10,18H,1-5H3. The lowest BCUT2D eigenvalue weighted by atomic mass is 10.1. The fourth-order valence-corrected chi connectivity index (χ4v) is 2.49. The van der Waals surface area contributed by atoms with Crippen molar-refractivity contribution in [3.05, 3.63) is 44.7 Å². The van der Waals surface area contributed by atoms with Crippen molar-refractivity contribution in [3.63, 3.8) is 0 Å². The van der Waals surface area contributed by atoms with Crippen LogP contribution in [0.25, 0.3) is 0 Å². The maximum atomic E-state index is 12.1. The lowest BCUT2D eigenvalue weighted by Gasteiger charge is -2.17. The monoisotopic (exact) mass is 309 g/mol. The number of hydrogen-bond acceptors (Lipinski definition) is 4. The van der Waals surface area contributed by atoms with E-state index in [-0.39, 0.29) is 22.7 Å². The van der Waals surface area contributed by atoms with E-state index >= 15 is 0 Å². The van der Waals surface area contributed by atoms with E-state index in [0.29, 0.717) is 5.69 Å². The molecule has 0 aromatic carbocycles. The van der Waals surface area contributed by atoms with E-state index in [1.807, 2.05) is 40.7 Å². The third kappa shape index (κ3) is 3.13. The quantitative estimate of drug-likeness (QED) is 0.931. The number of rotatable bonds is 4. The van der Waals surface area contributed by atoms with Gasteiger partial charge in [0, 0.05) is 5.56 Å². The number of hydrogen-bond donors (Lipinski definition) is 1. The zero-order valence-electron chi connectivity index (χ0n) is 12.9. The number of nitrogens with zero attached hydrogens (tertiary/aromatic N) is 2. The van der Waals surface area contributed by atoms with Crippen LogP contribution in [0, 0.1) is 13.8 Å². The molecule has 0 radical (unpaired) electrons. The van der Waals surface area contributed by atoms with E-state index in [1.165, 1.54) is 4.68 Å². The summed E-state index contributed by atoms with van der Waals surface area (Å²) in [5.41, 5.74) is 1.28. The molecule has 21 heavy (non-hydrogen) atoms. The summed E-state index contributed by atoms with van der Waals surface area (Å²) in [7, 11) is 0. The lowest BCUT2D eigenvalue weighted by molar-refractivity contribution is 0.499. The van der Waals surface area contributed by atoms with Gasteiger partial charge >= 0.3 is 0 Å². The molecule has 2 rings (SSSR count). The fraction of sp³-hybridized carbons (Fsp3) is 0.467. The number of anilines is 1. The molecule has 2 heterocycles. The topological polar surface area (TPSA) is 60.1 Å². The lowest BCUT2D eigenvalue weighted by Crippen LogP contribution is -2.26. The summed E-state index contributed by atoms with van der Waals surface area (Å²) < 4.78 is 6.89. The highest BCUT2D eigenvalue weighted by molar-refractivity contribution is 6.32. The van der Waals surface area contributed by atoms with Crippen molar-refractivity contribution in [2.24, 2.45) is 0 Å². The zero-order valence-corrected chi connectivity index (χ0v) is 13.7. The highest BCUT2D eigenvalue weighted by atomic mass is 35.5. The highest BCUT2D eigenvalue weighted by Crippen LogP contribution is 2.26. The largest absolute Gasteiger partial charge is 0.466 e. The van der Waals surface area contributed by atoms with Gasteiger partial charge in [0.25, 0.3) is 5.56 Å². The molecule has 0 fully saturated rings. The van der Waals surface area contributed by atoms with E-state index < -0.39 is 0 Å². The van der Waals surface area contributed by atoms with Gasteiger partial charge in [-0.15, -0.1) is 0 Å². The van der Waals surface area contributed by atoms with Gasteiger partial charge in [-0.05, 0) is 40.7 Å². The summed E-state index contributed by atoms with van der Waals surface area (Å²) in [6.45, 7) is 9.58. The van der Waals surface area contributed by atoms with E-state index in [2.05, 4.69) is 10.4 Å². The Labute approximate surface area is 128 Å². The SMILES string of the molecule is Cc1cc(C(C)Nc2cnn(C(C)C)c(=O)c2Cl)c(C)o1. The van der Waals surface area contributed by atoms with Crippen LogP contribution in [0.3, 0.4) is 0 Å². The second kappa shape index (κ2) is 5.93. The first-order chi connectivity index (χ1) is 9.81. The molecule has 0 aliphatic heterocycles. The van der Waals surface area contributed by atoms with Crippen LogP contribution in [0.15, 0.2) is 21.5 Å². The van der Waals surface area contributed by atoms with Crippen molar-refractivity contribution < 1.29 is 4.42 Å². The molecule has 2 aromatic rings. The smallest absolute Gasteiger partial charge is 0.287 e. The molecule has 1 unspecified atom stereocenters. The van der Waals surface area contributed by atoms with Crippen molar-refractivity contribution in [2.75, 3.05) is 5.32 Å². The Morgan fingerprint density at radius 2 is 2.00 bits per heavy atom. The Hall–Kier alpha value is -1.75. The van der Waals surface area contributed by atoms with Gasteiger partial charge in [-0.3, -0.25) is 4.79 Å². The second-order valence-electron chi connectivity index (χ2n) is 5.45. The van der Waals surface area contributed by atoms with E-state index in [9.17, 15) is 4.79 Å². The van der Waals surface area contributed by atoms with Crippen LogP contribution >= 0.6 is 11.6 Å². The average molecular weight is 310 g/mol. The van der Waals surface area contributed by atoms with Crippen LogP contribution in [0.2, 0.25) is 5.02 Å². The number of furan rings is 1. The summed E-state index contributed by atoms with van der Waals surface area (Å²) >= 11 is 6.16. The number of halogens is 1. The van der Waals surface area contributed by atoms with E-state index in [1.54, 1.807) is 6.20 Å². The zero-order chi connectivity index (χ0) is 15.7. The summed E-state index contributed by atoms with van der Waals surface area (Å²) in [4.78, 5) is 12.1. The summed E-state index contributed by atoms with van der Waals surface area (Å²) in [5, 5.41) is 7.52. The first-order valence-electron chi connectivity index (χ1n) is 6.92. The number of aromatic nitrogens is 2. The molecule has 6 heteroatoms. The van der Waals surface area contributed by atoms with Crippen molar-refractivity contribution in [1.82, 2.24) is 9.78 Å². The van der Waals surface area contributed by atoms with Crippen LogP contribution in [-0.4, -0.2) is 9.78 Å². The van der Waals surface area contributed by atoms with Crippen LogP contribution in [0.1, 0.15) is 49.9 Å². The number of nitrogens with one attached hydrogen (secondary N) is 1. The maximum absolute atomic E-state index is 12.1.